The minimum Gasteiger partial charge on any atom is -0.242 e. The number of hydrogen-bond donors (Lipinski definition) is 0. The molecule has 0 saturated heterocycles. The number of hydrogen-bond acceptors (Lipinski definition) is 0. The normalized spacial score (nSPS) is 13.1. The predicted molar refractivity (Wildman–Crippen MR) is 43.6 cm³/mol. The van der Waals surface area contributed by atoms with E-state index in [4.69, 9.17) is 0 Å². The molecule has 1 unspecified atom stereocenters. The van der Waals surface area contributed by atoms with Gasteiger partial charge in [-0.05, 0) is 19.1 Å². The lowest BCUT2D eigenvalue weighted by atomic mass is 10.1. The smallest absolute Gasteiger partial charge is 0.130 e. The van der Waals surface area contributed by atoms with E-state index in [1.54, 1.807) is 6.07 Å². The van der Waals surface area contributed by atoms with Crippen LogP contribution in [0.15, 0.2) is 22.7 Å². The Morgan fingerprint density at radius 3 is 2.55 bits per heavy atom. The fourth-order valence-corrected chi connectivity index (χ4v) is 1.16. The molecular weight excluding hydrogens is 214 g/mol. The van der Waals surface area contributed by atoms with Crippen molar-refractivity contribution in [2.75, 3.05) is 0 Å². The minimum absolute atomic E-state index is 0.105. The van der Waals surface area contributed by atoms with E-state index in [1.807, 2.05) is 0 Å². The van der Waals surface area contributed by atoms with Crippen molar-refractivity contribution in [2.45, 2.75) is 13.1 Å². The number of halogens is 3. The highest BCUT2D eigenvalue weighted by Gasteiger charge is 2.08. The Balaban J connectivity index is 3.09. The summed E-state index contributed by atoms with van der Waals surface area (Å²) < 4.78 is 26.0. The van der Waals surface area contributed by atoms with Gasteiger partial charge in [-0.15, -0.1) is 0 Å². The second-order valence-corrected chi connectivity index (χ2v) is 3.20. The van der Waals surface area contributed by atoms with Crippen LogP contribution < -0.4 is 0 Å². The quantitative estimate of drug-likeness (QED) is 0.679. The number of rotatable bonds is 1. The third kappa shape index (κ3) is 1.99. The summed E-state index contributed by atoms with van der Waals surface area (Å²) in [5, 5.41) is 0. The molecule has 1 aromatic rings. The van der Waals surface area contributed by atoms with Crippen LogP contribution in [-0.4, -0.2) is 0 Å². The highest BCUT2D eigenvalue weighted by Crippen LogP contribution is 2.22. The van der Waals surface area contributed by atoms with Crippen molar-refractivity contribution in [1.82, 2.24) is 0 Å². The molecule has 3 heteroatoms. The fraction of sp³-hybridized carbons (Fsp3) is 0.250. The van der Waals surface area contributed by atoms with Gasteiger partial charge in [0.15, 0.2) is 0 Å². The molecule has 0 aliphatic rings. The molecule has 1 aromatic carbocycles. The third-order valence-corrected chi connectivity index (χ3v) is 1.88. The second-order valence-electron chi connectivity index (χ2n) is 2.28. The first kappa shape index (κ1) is 8.65. The summed E-state index contributed by atoms with van der Waals surface area (Å²) in [6, 6.07) is 4.31. The Morgan fingerprint density at radius 1 is 1.45 bits per heavy atom. The third-order valence-electron chi connectivity index (χ3n) is 1.39. The lowest BCUT2D eigenvalue weighted by Crippen LogP contribution is -1.90. The van der Waals surface area contributed by atoms with Crippen LogP contribution in [0, 0.1) is 5.82 Å². The van der Waals surface area contributed by atoms with Gasteiger partial charge >= 0.3 is 0 Å². The largest absolute Gasteiger partial charge is 0.242 e. The van der Waals surface area contributed by atoms with Crippen molar-refractivity contribution in [1.29, 1.82) is 0 Å². The molecule has 1 atom stereocenters. The molecule has 0 N–H and O–H groups in total. The summed E-state index contributed by atoms with van der Waals surface area (Å²) in [5.74, 6) is -0.505. The van der Waals surface area contributed by atoms with Gasteiger partial charge in [-0.2, -0.15) is 0 Å². The molecule has 0 aromatic heterocycles. The van der Waals surface area contributed by atoms with Crippen molar-refractivity contribution in [2.24, 2.45) is 0 Å². The SMILES string of the molecule is CC(F)c1ccc(Br)cc1F. The van der Waals surface area contributed by atoms with E-state index in [9.17, 15) is 8.78 Å². The van der Waals surface area contributed by atoms with Crippen LogP contribution in [0.1, 0.15) is 18.7 Å². The lowest BCUT2D eigenvalue weighted by molar-refractivity contribution is 0.361. The summed E-state index contributed by atoms with van der Waals surface area (Å²) in [4.78, 5) is 0. The number of alkyl halides is 1. The first-order valence-corrected chi connectivity index (χ1v) is 3.99. The summed E-state index contributed by atoms with van der Waals surface area (Å²) in [7, 11) is 0. The molecule has 0 fully saturated rings. The first-order chi connectivity index (χ1) is 5.11. The van der Waals surface area contributed by atoms with E-state index < -0.39 is 12.0 Å². The van der Waals surface area contributed by atoms with Gasteiger partial charge < -0.3 is 0 Å². The fourth-order valence-electron chi connectivity index (χ4n) is 0.824. The summed E-state index contributed by atoms with van der Waals surface area (Å²) in [6.07, 6.45) is -1.25. The molecule has 0 spiro atoms. The molecule has 0 saturated carbocycles. The van der Waals surface area contributed by atoms with Crippen LogP contribution in [-0.2, 0) is 0 Å². The Morgan fingerprint density at radius 2 is 2.09 bits per heavy atom. The second kappa shape index (κ2) is 3.30. The Hall–Kier alpha value is -0.440. The van der Waals surface area contributed by atoms with Gasteiger partial charge in [0.1, 0.15) is 12.0 Å². The van der Waals surface area contributed by atoms with E-state index in [0.717, 1.165) is 0 Å². The number of benzene rings is 1. The summed E-state index contributed by atoms with van der Waals surface area (Å²) >= 11 is 3.08. The van der Waals surface area contributed by atoms with Crippen LogP contribution in [0.4, 0.5) is 8.78 Å². The molecule has 0 heterocycles. The minimum atomic E-state index is -1.25. The van der Waals surface area contributed by atoms with E-state index in [2.05, 4.69) is 15.9 Å². The van der Waals surface area contributed by atoms with Gasteiger partial charge in [-0.25, -0.2) is 8.78 Å². The van der Waals surface area contributed by atoms with Crippen molar-refractivity contribution in [3.05, 3.63) is 34.1 Å². The molecule has 0 aliphatic carbocycles. The van der Waals surface area contributed by atoms with Gasteiger partial charge in [-0.1, -0.05) is 22.0 Å². The summed E-state index contributed by atoms with van der Waals surface area (Å²) in [5.41, 5.74) is 0.105. The maximum Gasteiger partial charge on any atom is 0.130 e. The molecule has 0 nitrogen and oxygen atoms in total. The van der Waals surface area contributed by atoms with Crippen LogP contribution >= 0.6 is 15.9 Å². The first-order valence-electron chi connectivity index (χ1n) is 3.20. The van der Waals surface area contributed by atoms with Gasteiger partial charge in [0.2, 0.25) is 0 Å². The van der Waals surface area contributed by atoms with Crippen molar-refractivity contribution in [3.8, 4) is 0 Å². The Kier molecular flexibility index (Phi) is 2.60. The summed E-state index contributed by atoms with van der Waals surface area (Å²) in [6.45, 7) is 1.31. The highest BCUT2D eigenvalue weighted by atomic mass is 79.9. The molecule has 0 bridgehead atoms. The van der Waals surface area contributed by atoms with Gasteiger partial charge in [0.05, 0.1) is 0 Å². The monoisotopic (exact) mass is 220 g/mol. The lowest BCUT2D eigenvalue weighted by Gasteiger charge is -2.02. The van der Waals surface area contributed by atoms with E-state index in [0.29, 0.717) is 4.47 Å². The standard InChI is InChI=1S/C8H7BrF2/c1-5(10)7-3-2-6(9)4-8(7)11/h2-5H,1H3. The maximum absolute atomic E-state index is 12.8. The zero-order valence-corrected chi connectivity index (χ0v) is 7.53. The van der Waals surface area contributed by atoms with E-state index in [1.165, 1.54) is 19.1 Å². The zero-order valence-electron chi connectivity index (χ0n) is 5.94. The topological polar surface area (TPSA) is 0 Å². The van der Waals surface area contributed by atoms with Crippen molar-refractivity contribution < 1.29 is 8.78 Å². The van der Waals surface area contributed by atoms with E-state index >= 15 is 0 Å². The van der Waals surface area contributed by atoms with E-state index in [-0.39, 0.29) is 5.56 Å². The molecular formula is C8H7BrF2. The maximum atomic E-state index is 12.8. The molecule has 0 amide bonds. The van der Waals surface area contributed by atoms with Crippen LogP contribution in [0.3, 0.4) is 0 Å². The molecule has 1 rings (SSSR count). The molecule has 60 valence electrons. The van der Waals surface area contributed by atoms with Crippen LogP contribution in [0.5, 0.6) is 0 Å². The predicted octanol–water partition coefficient (Wildman–Crippen LogP) is 3.62. The van der Waals surface area contributed by atoms with Crippen LogP contribution in [0.25, 0.3) is 0 Å². The Labute approximate surface area is 72.4 Å². The van der Waals surface area contributed by atoms with Crippen molar-refractivity contribution in [3.63, 3.8) is 0 Å². The highest BCUT2D eigenvalue weighted by molar-refractivity contribution is 9.10. The van der Waals surface area contributed by atoms with Gasteiger partial charge in [0, 0.05) is 10.0 Å². The molecule has 0 aliphatic heterocycles. The van der Waals surface area contributed by atoms with Crippen LogP contribution in [0.2, 0.25) is 0 Å². The van der Waals surface area contributed by atoms with Gasteiger partial charge in [0.25, 0.3) is 0 Å². The van der Waals surface area contributed by atoms with Gasteiger partial charge in [-0.3, -0.25) is 0 Å². The van der Waals surface area contributed by atoms with Crippen molar-refractivity contribution >= 4 is 15.9 Å². The zero-order chi connectivity index (χ0) is 8.43. The molecule has 0 radical (unpaired) electrons. The average molecular weight is 221 g/mol. The molecule has 11 heavy (non-hydrogen) atoms. The average Bonchev–Trinajstić information content (AvgIpc) is 1.85. The Bertz CT molecular complexity index is 258.